The summed E-state index contributed by atoms with van der Waals surface area (Å²) in [5, 5.41) is 2.45. The van der Waals surface area contributed by atoms with Gasteiger partial charge in [0.2, 0.25) is 0 Å². The number of aryl methyl sites for hydroxylation is 1. The van der Waals surface area contributed by atoms with Gasteiger partial charge in [-0.2, -0.15) is 0 Å². The monoisotopic (exact) mass is 614 g/mol. The topological polar surface area (TPSA) is 35.6 Å². The molecule has 0 fully saturated rings. The Kier molecular flexibility index (Phi) is 5.82. The second-order valence-electron chi connectivity index (χ2n) is 12.7. The van der Waals surface area contributed by atoms with Crippen molar-refractivity contribution >= 4 is 32.8 Å². The first-order chi connectivity index (χ1) is 23.7. The van der Waals surface area contributed by atoms with E-state index in [0.717, 1.165) is 56.9 Å². The first kappa shape index (κ1) is 26.9. The van der Waals surface area contributed by atoms with Crippen molar-refractivity contribution in [3.05, 3.63) is 163 Å². The van der Waals surface area contributed by atoms with E-state index in [4.69, 9.17) is 4.98 Å². The summed E-state index contributed by atoms with van der Waals surface area (Å²) in [6.07, 6.45) is 2.82. The van der Waals surface area contributed by atoms with Gasteiger partial charge in [0.15, 0.2) is 0 Å². The van der Waals surface area contributed by atoms with Crippen LogP contribution < -0.4 is 0 Å². The standard InChI is InChI=1S/C44H30N4/c1-47-41-18-9-15-36(29-19-21-35-32(25-29)24-28-10-2-3-13-34(28)35)43(41)46-44(47)31-20-22-38-37-14-4-5-17-40(37)48(42(38)27-31)33-12-8-11-30(26-33)39-16-6-7-23-45-39/h2-23,25-27H,24H2,1H3. The molecule has 0 unspecified atom stereocenters. The van der Waals surface area contributed by atoms with Crippen molar-refractivity contribution in [2.45, 2.75) is 6.42 Å². The number of hydrogen-bond acceptors (Lipinski definition) is 2. The van der Waals surface area contributed by atoms with Crippen LogP contribution in [0.15, 0.2) is 152 Å². The molecule has 4 heteroatoms. The Morgan fingerprint density at radius 2 is 1.29 bits per heavy atom. The number of rotatable bonds is 4. The van der Waals surface area contributed by atoms with Gasteiger partial charge in [-0.05, 0) is 76.7 Å². The Morgan fingerprint density at radius 3 is 2.23 bits per heavy atom. The van der Waals surface area contributed by atoms with E-state index in [-0.39, 0.29) is 0 Å². The van der Waals surface area contributed by atoms with Crippen LogP contribution in [0.1, 0.15) is 11.1 Å². The van der Waals surface area contributed by atoms with E-state index in [0.29, 0.717) is 0 Å². The zero-order chi connectivity index (χ0) is 31.8. The fraction of sp³-hybridized carbons (Fsp3) is 0.0455. The predicted molar refractivity (Wildman–Crippen MR) is 197 cm³/mol. The highest BCUT2D eigenvalue weighted by molar-refractivity contribution is 6.10. The van der Waals surface area contributed by atoms with Gasteiger partial charge in [-0.25, -0.2) is 4.98 Å². The molecule has 226 valence electrons. The minimum absolute atomic E-state index is 0.951. The molecular formula is C44H30N4. The van der Waals surface area contributed by atoms with E-state index >= 15 is 0 Å². The summed E-state index contributed by atoms with van der Waals surface area (Å²) >= 11 is 0. The molecule has 48 heavy (non-hydrogen) atoms. The van der Waals surface area contributed by atoms with Crippen LogP contribution in [0.5, 0.6) is 0 Å². The molecule has 0 atom stereocenters. The highest BCUT2D eigenvalue weighted by Crippen LogP contribution is 2.41. The normalized spacial score (nSPS) is 12.2. The number of aromatic nitrogens is 4. The molecule has 9 aromatic rings. The molecule has 6 aromatic carbocycles. The lowest BCUT2D eigenvalue weighted by Crippen LogP contribution is -1.96. The van der Waals surface area contributed by atoms with Crippen LogP contribution in [-0.2, 0) is 13.5 Å². The molecule has 3 aromatic heterocycles. The number of hydrogen-bond donors (Lipinski definition) is 0. The van der Waals surface area contributed by atoms with E-state index < -0.39 is 0 Å². The molecule has 0 N–H and O–H groups in total. The average molecular weight is 615 g/mol. The molecule has 4 nitrogen and oxygen atoms in total. The van der Waals surface area contributed by atoms with Gasteiger partial charge in [-0.15, -0.1) is 0 Å². The van der Waals surface area contributed by atoms with Gasteiger partial charge in [0, 0.05) is 46.4 Å². The Balaban J connectivity index is 1.13. The van der Waals surface area contributed by atoms with Gasteiger partial charge in [0.05, 0.1) is 27.8 Å². The molecule has 10 rings (SSSR count). The number of imidazole rings is 1. The SMILES string of the molecule is Cn1c(-c2ccc3c4ccccc4n(-c4cccc(-c5ccccn5)c4)c3c2)nc2c(-c3ccc4c(c3)Cc3ccccc3-4)cccc21. The van der Waals surface area contributed by atoms with Crippen molar-refractivity contribution < 1.29 is 0 Å². The number of fused-ring (bicyclic) bond motifs is 7. The zero-order valence-corrected chi connectivity index (χ0v) is 26.4. The van der Waals surface area contributed by atoms with Gasteiger partial charge < -0.3 is 9.13 Å². The minimum Gasteiger partial charge on any atom is -0.327 e. The van der Waals surface area contributed by atoms with Gasteiger partial charge in [-0.3, -0.25) is 4.98 Å². The fourth-order valence-electron chi connectivity index (χ4n) is 7.74. The summed E-state index contributed by atoms with van der Waals surface area (Å²) in [5.74, 6) is 0.951. The fourth-order valence-corrected chi connectivity index (χ4v) is 7.74. The molecule has 1 aliphatic rings. The van der Waals surface area contributed by atoms with Crippen molar-refractivity contribution in [1.29, 1.82) is 0 Å². The Bertz CT molecular complexity index is 2710. The van der Waals surface area contributed by atoms with Crippen molar-refractivity contribution in [1.82, 2.24) is 19.1 Å². The molecule has 0 spiro atoms. The predicted octanol–water partition coefficient (Wildman–Crippen LogP) is 10.6. The lowest BCUT2D eigenvalue weighted by Gasteiger charge is -2.11. The highest BCUT2D eigenvalue weighted by Gasteiger charge is 2.21. The lowest BCUT2D eigenvalue weighted by molar-refractivity contribution is 0.959. The van der Waals surface area contributed by atoms with Gasteiger partial charge in [0.25, 0.3) is 0 Å². The second kappa shape index (κ2) is 10.4. The van der Waals surface area contributed by atoms with Crippen LogP contribution in [0, 0.1) is 0 Å². The maximum atomic E-state index is 5.35. The van der Waals surface area contributed by atoms with Crippen molar-refractivity contribution in [3.8, 4) is 50.6 Å². The Morgan fingerprint density at radius 1 is 0.521 bits per heavy atom. The summed E-state index contributed by atoms with van der Waals surface area (Å²) in [6.45, 7) is 0. The summed E-state index contributed by atoms with van der Waals surface area (Å²) in [4.78, 5) is 9.97. The van der Waals surface area contributed by atoms with E-state index in [1.165, 1.54) is 44.1 Å². The largest absolute Gasteiger partial charge is 0.327 e. The average Bonchev–Trinajstić information content (AvgIpc) is 3.80. The maximum absolute atomic E-state index is 5.35. The summed E-state index contributed by atoms with van der Waals surface area (Å²) < 4.78 is 4.61. The lowest BCUT2D eigenvalue weighted by atomic mass is 9.98. The number of benzene rings is 6. The molecule has 0 bridgehead atoms. The van der Waals surface area contributed by atoms with Crippen LogP contribution >= 0.6 is 0 Å². The molecule has 1 aliphatic carbocycles. The molecular weight excluding hydrogens is 585 g/mol. The summed E-state index contributed by atoms with van der Waals surface area (Å²) in [7, 11) is 2.13. The second-order valence-corrected chi connectivity index (χ2v) is 12.7. The molecule has 0 amide bonds. The third kappa shape index (κ3) is 4.02. The smallest absolute Gasteiger partial charge is 0.140 e. The molecule has 0 saturated heterocycles. The molecule has 0 radical (unpaired) electrons. The number of nitrogens with zero attached hydrogens (tertiary/aromatic N) is 4. The van der Waals surface area contributed by atoms with E-state index in [9.17, 15) is 0 Å². The van der Waals surface area contributed by atoms with Crippen LogP contribution in [-0.4, -0.2) is 19.1 Å². The van der Waals surface area contributed by atoms with Crippen LogP contribution in [0.25, 0.3) is 83.4 Å². The molecule has 0 aliphatic heterocycles. The van der Waals surface area contributed by atoms with E-state index in [1.54, 1.807) is 0 Å². The number of para-hydroxylation sites is 2. The first-order valence-corrected chi connectivity index (χ1v) is 16.4. The first-order valence-electron chi connectivity index (χ1n) is 16.4. The zero-order valence-electron chi connectivity index (χ0n) is 26.4. The van der Waals surface area contributed by atoms with E-state index in [2.05, 4.69) is 155 Å². The third-order valence-electron chi connectivity index (χ3n) is 10.0. The van der Waals surface area contributed by atoms with Crippen LogP contribution in [0.3, 0.4) is 0 Å². The molecule has 0 saturated carbocycles. The third-order valence-corrected chi connectivity index (χ3v) is 10.0. The maximum Gasteiger partial charge on any atom is 0.140 e. The Labute approximate surface area is 278 Å². The van der Waals surface area contributed by atoms with Crippen molar-refractivity contribution in [2.75, 3.05) is 0 Å². The summed E-state index contributed by atoms with van der Waals surface area (Å²) in [6, 6.07) is 52.3. The Hall–Kier alpha value is -6.26. The number of pyridine rings is 1. The van der Waals surface area contributed by atoms with E-state index in [1.807, 2.05) is 18.3 Å². The van der Waals surface area contributed by atoms with Crippen molar-refractivity contribution in [2.24, 2.45) is 7.05 Å². The van der Waals surface area contributed by atoms with Gasteiger partial charge in [-0.1, -0.05) is 103 Å². The quantitative estimate of drug-likeness (QED) is 0.198. The van der Waals surface area contributed by atoms with Crippen LogP contribution in [0.4, 0.5) is 0 Å². The summed E-state index contributed by atoms with van der Waals surface area (Å²) in [5.41, 5.74) is 16.6. The van der Waals surface area contributed by atoms with Crippen LogP contribution in [0.2, 0.25) is 0 Å². The highest BCUT2D eigenvalue weighted by atomic mass is 15.1. The van der Waals surface area contributed by atoms with Gasteiger partial charge >= 0.3 is 0 Å². The minimum atomic E-state index is 0.951. The van der Waals surface area contributed by atoms with Crippen molar-refractivity contribution in [3.63, 3.8) is 0 Å². The van der Waals surface area contributed by atoms with Gasteiger partial charge in [0.1, 0.15) is 5.82 Å². The molecule has 3 heterocycles.